The van der Waals surface area contributed by atoms with Gasteiger partial charge in [0.15, 0.2) is 0 Å². The minimum atomic E-state index is 0.704. The molecule has 0 unspecified atom stereocenters. The Kier molecular flexibility index (Phi) is 5.81. The Balaban J connectivity index is 1.55. The first kappa shape index (κ1) is 16.5. The number of hydrogen-bond donors (Lipinski definition) is 1. The highest BCUT2D eigenvalue weighted by Crippen LogP contribution is 2.18. The zero-order valence-electron chi connectivity index (χ0n) is 14.0. The summed E-state index contributed by atoms with van der Waals surface area (Å²) in [6.45, 7) is 3.86. The van der Waals surface area contributed by atoms with Gasteiger partial charge in [-0.3, -0.25) is 0 Å². The van der Waals surface area contributed by atoms with Crippen LogP contribution in [-0.4, -0.2) is 18.1 Å². The van der Waals surface area contributed by atoms with Gasteiger partial charge in [0.1, 0.15) is 5.82 Å². The number of pyridine rings is 1. The molecule has 1 fully saturated rings. The van der Waals surface area contributed by atoms with E-state index in [1.165, 1.54) is 36.8 Å². The van der Waals surface area contributed by atoms with Crippen molar-refractivity contribution in [3.8, 4) is 6.07 Å². The van der Waals surface area contributed by atoms with Crippen molar-refractivity contribution >= 4 is 5.82 Å². The summed E-state index contributed by atoms with van der Waals surface area (Å²) in [5.41, 5.74) is 3.16. The van der Waals surface area contributed by atoms with Crippen LogP contribution in [0.5, 0.6) is 0 Å². The van der Waals surface area contributed by atoms with Gasteiger partial charge in [0.25, 0.3) is 0 Å². The van der Waals surface area contributed by atoms with Gasteiger partial charge < -0.3 is 10.2 Å². The summed E-state index contributed by atoms with van der Waals surface area (Å²) >= 11 is 0. The SMILES string of the molecule is N#Cc1ccc(CNCc2ccnc(N3CCCCCC3)c2)cc1. The Morgan fingerprint density at radius 3 is 2.38 bits per heavy atom. The molecular weight excluding hydrogens is 296 g/mol. The van der Waals surface area contributed by atoms with Gasteiger partial charge in [-0.05, 0) is 48.2 Å². The smallest absolute Gasteiger partial charge is 0.128 e. The lowest BCUT2D eigenvalue weighted by molar-refractivity contribution is 0.691. The lowest BCUT2D eigenvalue weighted by Crippen LogP contribution is -2.25. The van der Waals surface area contributed by atoms with E-state index in [0.717, 1.165) is 32.0 Å². The number of rotatable bonds is 5. The van der Waals surface area contributed by atoms with Crippen LogP contribution >= 0.6 is 0 Å². The third kappa shape index (κ3) is 4.56. The van der Waals surface area contributed by atoms with Crippen LogP contribution in [0.4, 0.5) is 5.82 Å². The molecule has 1 aromatic carbocycles. The van der Waals surface area contributed by atoms with Crippen LogP contribution in [0.1, 0.15) is 42.4 Å². The first-order chi connectivity index (χ1) is 11.8. The van der Waals surface area contributed by atoms with Crippen molar-refractivity contribution in [2.45, 2.75) is 38.8 Å². The molecule has 1 N–H and O–H groups in total. The summed E-state index contributed by atoms with van der Waals surface area (Å²) in [5.74, 6) is 1.11. The van der Waals surface area contributed by atoms with Crippen molar-refractivity contribution in [3.63, 3.8) is 0 Å². The van der Waals surface area contributed by atoms with E-state index in [-0.39, 0.29) is 0 Å². The first-order valence-corrected chi connectivity index (χ1v) is 8.75. The quantitative estimate of drug-likeness (QED) is 0.914. The van der Waals surface area contributed by atoms with E-state index in [1.807, 2.05) is 30.5 Å². The molecule has 0 radical (unpaired) electrons. The minimum absolute atomic E-state index is 0.704. The number of anilines is 1. The maximum atomic E-state index is 8.83. The van der Waals surface area contributed by atoms with Gasteiger partial charge in [-0.2, -0.15) is 5.26 Å². The van der Waals surface area contributed by atoms with Crippen LogP contribution in [0.2, 0.25) is 0 Å². The molecule has 1 saturated heterocycles. The Labute approximate surface area is 144 Å². The topological polar surface area (TPSA) is 52.0 Å². The van der Waals surface area contributed by atoms with Crippen molar-refractivity contribution in [1.29, 1.82) is 5.26 Å². The van der Waals surface area contributed by atoms with Crippen LogP contribution in [-0.2, 0) is 13.1 Å². The molecule has 0 spiro atoms. The number of nitrogens with one attached hydrogen (secondary N) is 1. The van der Waals surface area contributed by atoms with Gasteiger partial charge in [-0.1, -0.05) is 25.0 Å². The fourth-order valence-electron chi connectivity index (χ4n) is 3.09. The number of nitriles is 1. The van der Waals surface area contributed by atoms with E-state index in [9.17, 15) is 0 Å². The molecule has 0 amide bonds. The fourth-order valence-corrected chi connectivity index (χ4v) is 3.09. The number of hydrogen-bond acceptors (Lipinski definition) is 4. The second-order valence-electron chi connectivity index (χ2n) is 6.34. The molecular formula is C20H24N4. The molecule has 4 nitrogen and oxygen atoms in total. The summed E-state index contributed by atoms with van der Waals surface area (Å²) in [5, 5.41) is 12.3. The predicted molar refractivity (Wildman–Crippen MR) is 96.6 cm³/mol. The van der Waals surface area contributed by atoms with E-state index in [1.54, 1.807) is 0 Å². The lowest BCUT2D eigenvalue weighted by atomic mass is 10.1. The summed E-state index contributed by atoms with van der Waals surface area (Å²) in [6.07, 6.45) is 7.12. The largest absolute Gasteiger partial charge is 0.357 e. The van der Waals surface area contributed by atoms with E-state index in [2.05, 4.69) is 33.4 Å². The van der Waals surface area contributed by atoms with Crippen LogP contribution in [0.25, 0.3) is 0 Å². The minimum Gasteiger partial charge on any atom is -0.357 e. The standard InChI is InChI=1S/C20H24N4/c21-14-17-5-7-18(8-6-17)15-22-16-19-9-10-23-20(13-19)24-11-3-1-2-4-12-24/h5-10,13,22H,1-4,11-12,15-16H2. The Morgan fingerprint density at radius 1 is 0.958 bits per heavy atom. The van der Waals surface area contributed by atoms with Gasteiger partial charge in [0.05, 0.1) is 11.6 Å². The molecule has 24 heavy (non-hydrogen) atoms. The molecule has 0 saturated carbocycles. The van der Waals surface area contributed by atoms with E-state index < -0.39 is 0 Å². The van der Waals surface area contributed by atoms with Crippen LogP contribution in [0.3, 0.4) is 0 Å². The number of aromatic nitrogens is 1. The van der Waals surface area contributed by atoms with Gasteiger partial charge in [0.2, 0.25) is 0 Å². The average Bonchev–Trinajstić information content (AvgIpc) is 2.92. The van der Waals surface area contributed by atoms with Gasteiger partial charge in [0, 0.05) is 32.4 Å². The van der Waals surface area contributed by atoms with Crippen molar-refractivity contribution in [2.24, 2.45) is 0 Å². The third-order valence-corrected chi connectivity index (χ3v) is 4.48. The number of nitrogens with zero attached hydrogens (tertiary/aromatic N) is 3. The van der Waals surface area contributed by atoms with Gasteiger partial charge >= 0.3 is 0 Å². The van der Waals surface area contributed by atoms with Crippen molar-refractivity contribution in [2.75, 3.05) is 18.0 Å². The zero-order valence-corrected chi connectivity index (χ0v) is 14.0. The lowest BCUT2D eigenvalue weighted by Gasteiger charge is -2.21. The molecule has 3 rings (SSSR count). The molecule has 2 heterocycles. The molecule has 1 aromatic heterocycles. The molecule has 0 aliphatic carbocycles. The zero-order chi connectivity index (χ0) is 16.6. The Morgan fingerprint density at radius 2 is 1.67 bits per heavy atom. The maximum Gasteiger partial charge on any atom is 0.128 e. The molecule has 0 bridgehead atoms. The highest BCUT2D eigenvalue weighted by atomic mass is 15.2. The van der Waals surface area contributed by atoms with E-state index in [4.69, 9.17) is 5.26 Å². The highest BCUT2D eigenvalue weighted by Gasteiger charge is 2.11. The summed E-state index contributed by atoms with van der Waals surface area (Å²) in [4.78, 5) is 6.97. The fraction of sp³-hybridized carbons (Fsp3) is 0.400. The highest BCUT2D eigenvalue weighted by molar-refractivity contribution is 5.41. The maximum absolute atomic E-state index is 8.83. The summed E-state index contributed by atoms with van der Waals surface area (Å²) < 4.78 is 0. The molecule has 1 aliphatic heterocycles. The second kappa shape index (κ2) is 8.47. The predicted octanol–water partition coefficient (Wildman–Crippen LogP) is 3.62. The molecule has 124 valence electrons. The Bertz CT molecular complexity index is 680. The van der Waals surface area contributed by atoms with Crippen molar-refractivity contribution < 1.29 is 0 Å². The van der Waals surface area contributed by atoms with Gasteiger partial charge in [-0.15, -0.1) is 0 Å². The van der Waals surface area contributed by atoms with E-state index in [0.29, 0.717) is 5.56 Å². The molecule has 4 heteroatoms. The van der Waals surface area contributed by atoms with Crippen molar-refractivity contribution in [3.05, 3.63) is 59.3 Å². The molecule has 0 atom stereocenters. The summed E-state index contributed by atoms with van der Waals surface area (Å²) in [7, 11) is 0. The van der Waals surface area contributed by atoms with Gasteiger partial charge in [-0.25, -0.2) is 4.98 Å². The second-order valence-corrected chi connectivity index (χ2v) is 6.34. The first-order valence-electron chi connectivity index (χ1n) is 8.75. The normalized spacial score (nSPS) is 14.9. The average molecular weight is 320 g/mol. The molecule has 1 aliphatic rings. The van der Waals surface area contributed by atoms with Crippen LogP contribution < -0.4 is 10.2 Å². The third-order valence-electron chi connectivity index (χ3n) is 4.48. The summed E-state index contributed by atoms with van der Waals surface area (Å²) in [6, 6.07) is 14.2. The number of benzene rings is 1. The van der Waals surface area contributed by atoms with Crippen LogP contribution in [0, 0.1) is 11.3 Å². The Hall–Kier alpha value is -2.38. The monoisotopic (exact) mass is 320 g/mol. The van der Waals surface area contributed by atoms with E-state index >= 15 is 0 Å². The molecule has 2 aromatic rings. The van der Waals surface area contributed by atoms with Crippen molar-refractivity contribution in [1.82, 2.24) is 10.3 Å². The van der Waals surface area contributed by atoms with Crippen LogP contribution in [0.15, 0.2) is 42.6 Å².